The summed E-state index contributed by atoms with van der Waals surface area (Å²) in [5.74, 6) is 1.70. The first-order valence-corrected chi connectivity index (χ1v) is 7.02. The van der Waals surface area contributed by atoms with Crippen LogP contribution in [0.25, 0.3) is 0 Å². The van der Waals surface area contributed by atoms with Crippen LogP contribution in [-0.2, 0) is 4.74 Å². The number of ether oxygens (including phenoxy) is 2. The summed E-state index contributed by atoms with van der Waals surface area (Å²) in [5, 5.41) is 0. The zero-order valence-corrected chi connectivity index (χ0v) is 12.8. The molecule has 0 aromatic carbocycles. The van der Waals surface area contributed by atoms with Crippen LogP contribution in [0.4, 0.5) is 5.82 Å². The van der Waals surface area contributed by atoms with Crippen LogP contribution in [0.3, 0.4) is 0 Å². The molecular formula is C13H21BrN2O2. The molecule has 0 spiro atoms. The molecule has 1 aromatic rings. The SMILES string of the molecule is CCCOc1cccnc1N(C)CC(Br)COC. The van der Waals surface area contributed by atoms with Crippen LogP contribution in [0.2, 0.25) is 0 Å². The van der Waals surface area contributed by atoms with Crippen molar-refractivity contribution in [3.05, 3.63) is 18.3 Å². The molecule has 18 heavy (non-hydrogen) atoms. The van der Waals surface area contributed by atoms with E-state index in [4.69, 9.17) is 9.47 Å². The number of hydrogen-bond acceptors (Lipinski definition) is 4. The minimum Gasteiger partial charge on any atom is -0.490 e. The normalized spacial score (nSPS) is 12.2. The Bertz CT molecular complexity index is 350. The van der Waals surface area contributed by atoms with Crippen LogP contribution in [-0.4, -0.2) is 43.7 Å². The van der Waals surface area contributed by atoms with Crippen molar-refractivity contribution < 1.29 is 9.47 Å². The van der Waals surface area contributed by atoms with Crippen molar-refractivity contribution in [2.75, 3.05) is 38.8 Å². The van der Waals surface area contributed by atoms with Crippen molar-refractivity contribution in [2.24, 2.45) is 0 Å². The van der Waals surface area contributed by atoms with E-state index in [-0.39, 0.29) is 4.83 Å². The summed E-state index contributed by atoms with van der Waals surface area (Å²) in [6.07, 6.45) is 2.77. The number of hydrogen-bond donors (Lipinski definition) is 0. The van der Waals surface area contributed by atoms with Crippen LogP contribution >= 0.6 is 15.9 Å². The van der Waals surface area contributed by atoms with Crippen molar-refractivity contribution in [3.8, 4) is 5.75 Å². The molecule has 0 saturated carbocycles. The largest absolute Gasteiger partial charge is 0.490 e. The van der Waals surface area contributed by atoms with Gasteiger partial charge in [-0.2, -0.15) is 0 Å². The second kappa shape index (κ2) is 8.32. The molecule has 0 aliphatic carbocycles. The first-order valence-electron chi connectivity index (χ1n) is 6.11. The van der Waals surface area contributed by atoms with E-state index in [1.54, 1.807) is 13.3 Å². The van der Waals surface area contributed by atoms with Gasteiger partial charge in [-0.05, 0) is 18.6 Å². The minimum absolute atomic E-state index is 0.272. The molecule has 0 bridgehead atoms. The first kappa shape index (κ1) is 15.2. The zero-order valence-electron chi connectivity index (χ0n) is 11.2. The summed E-state index contributed by atoms with van der Waals surface area (Å²) in [6.45, 7) is 4.28. The van der Waals surface area contributed by atoms with Gasteiger partial charge >= 0.3 is 0 Å². The van der Waals surface area contributed by atoms with Gasteiger partial charge in [-0.1, -0.05) is 22.9 Å². The molecule has 1 rings (SSSR count). The van der Waals surface area contributed by atoms with Gasteiger partial charge in [0, 0.05) is 26.9 Å². The Balaban J connectivity index is 2.68. The second-order valence-electron chi connectivity index (χ2n) is 4.11. The van der Waals surface area contributed by atoms with Gasteiger partial charge in [-0.3, -0.25) is 0 Å². The Morgan fingerprint density at radius 3 is 2.94 bits per heavy atom. The maximum Gasteiger partial charge on any atom is 0.171 e. The Hall–Kier alpha value is -0.810. The minimum atomic E-state index is 0.272. The van der Waals surface area contributed by atoms with Crippen molar-refractivity contribution >= 4 is 21.7 Å². The fraction of sp³-hybridized carbons (Fsp3) is 0.615. The number of aromatic nitrogens is 1. The fourth-order valence-corrected chi connectivity index (χ4v) is 2.31. The van der Waals surface area contributed by atoms with E-state index in [0.717, 1.165) is 24.5 Å². The number of pyridine rings is 1. The number of rotatable bonds is 8. The molecule has 0 saturated heterocycles. The van der Waals surface area contributed by atoms with E-state index in [1.165, 1.54) is 0 Å². The second-order valence-corrected chi connectivity index (χ2v) is 5.40. The molecule has 0 aliphatic rings. The van der Waals surface area contributed by atoms with Crippen molar-refractivity contribution in [1.29, 1.82) is 0 Å². The highest BCUT2D eigenvalue weighted by Crippen LogP contribution is 2.25. The van der Waals surface area contributed by atoms with E-state index in [0.29, 0.717) is 13.2 Å². The molecule has 5 heteroatoms. The van der Waals surface area contributed by atoms with Gasteiger partial charge in [0.05, 0.1) is 18.0 Å². The maximum atomic E-state index is 5.70. The quantitative estimate of drug-likeness (QED) is 0.691. The van der Waals surface area contributed by atoms with Crippen LogP contribution in [0.5, 0.6) is 5.75 Å². The number of anilines is 1. The fourth-order valence-electron chi connectivity index (χ4n) is 1.61. The number of alkyl halides is 1. The molecule has 4 nitrogen and oxygen atoms in total. The van der Waals surface area contributed by atoms with Gasteiger partial charge < -0.3 is 14.4 Å². The third kappa shape index (κ3) is 4.82. The number of methoxy groups -OCH3 is 1. The van der Waals surface area contributed by atoms with Gasteiger partial charge in [0.1, 0.15) is 0 Å². The molecule has 1 atom stereocenters. The van der Waals surface area contributed by atoms with Crippen molar-refractivity contribution in [2.45, 2.75) is 18.2 Å². The maximum absolute atomic E-state index is 5.70. The molecule has 1 unspecified atom stereocenters. The van der Waals surface area contributed by atoms with Crippen LogP contribution < -0.4 is 9.64 Å². The number of halogens is 1. The highest BCUT2D eigenvalue weighted by atomic mass is 79.9. The zero-order chi connectivity index (χ0) is 13.4. The van der Waals surface area contributed by atoms with Crippen LogP contribution in [0.1, 0.15) is 13.3 Å². The van der Waals surface area contributed by atoms with Gasteiger partial charge in [-0.25, -0.2) is 4.98 Å². The van der Waals surface area contributed by atoms with E-state index in [9.17, 15) is 0 Å². The molecule has 1 heterocycles. The standard InChI is InChI=1S/C13H21BrN2O2/c1-4-8-18-12-6-5-7-15-13(12)16(2)9-11(14)10-17-3/h5-7,11H,4,8-10H2,1-3H3. The lowest BCUT2D eigenvalue weighted by Gasteiger charge is -2.23. The van der Waals surface area contributed by atoms with E-state index in [2.05, 4.69) is 32.7 Å². The molecule has 0 N–H and O–H groups in total. The summed E-state index contributed by atoms with van der Waals surface area (Å²) in [4.78, 5) is 6.73. The van der Waals surface area contributed by atoms with Crippen molar-refractivity contribution in [1.82, 2.24) is 4.98 Å². The molecule has 102 valence electrons. The third-order valence-corrected chi connectivity index (χ3v) is 2.95. The monoisotopic (exact) mass is 316 g/mol. The van der Waals surface area contributed by atoms with Crippen LogP contribution in [0, 0.1) is 0 Å². The van der Waals surface area contributed by atoms with Crippen molar-refractivity contribution in [3.63, 3.8) is 0 Å². The summed E-state index contributed by atoms with van der Waals surface area (Å²) >= 11 is 3.58. The molecule has 1 aromatic heterocycles. The topological polar surface area (TPSA) is 34.6 Å². The van der Waals surface area contributed by atoms with Gasteiger partial charge in [-0.15, -0.1) is 0 Å². The van der Waals surface area contributed by atoms with Gasteiger partial charge in [0.2, 0.25) is 0 Å². The predicted octanol–water partition coefficient (Wildman–Crippen LogP) is 2.72. The highest BCUT2D eigenvalue weighted by molar-refractivity contribution is 9.09. The molecule has 0 fully saturated rings. The first-order chi connectivity index (χ1) is 8.69. The molecule has 0 amide bonds. The lowest BCUT2D eigenvalue weighted by molar-refractivity contribution is 0.201. The Kier molecular flexibility index (Phi) is 7.05. The third-order valence-electron chi connectivity index (χ3n) is 2.39. The average Bonchev–Trinajstić information content (AvgIpc) is 2.36. The summed E-state index contributed by atoms with van der Waals surface area (Å²) in [7, 11) is 3.70. The number of nitrogens with zero attached hydrogens (tertiary/aromatic N) is 2. The van der Waals surface area contributed by atoms with E-state index < -0.39 is 0 Å². The Morgan fingerprint density at radius 2 is 2.28 bits per heavy atom. The summed E-state index contributed by atoms with van der Waals surface area (Å²) in [6, 6.07) is 3.84. The summed E-state index contributed by atoms with van der Waals surface area (Å²) in [5.41, 5.74) is 0. The van der Waals surface area contributed by atoms with Gasteiger partial charge in [0.25, 0.3) is 0 Å². The van der Waals surface area contributed by atoms with E-state index in [1.807, 2.05) is 19.2 Å². The predicted molar refractivity (Wildman–Crippen MR) is 77.9 cm³/mol. The van der Waals surface area contributed by atoms with Crippen LogP contribution in [0.15, 0.2) is 18.3 Å². The lowest BCUT2D eigenvalue weighted by Crippen LogP contribution is -2.29. The van der Waals surface area contributed by atoms with E-state index >= 15 is 0 Å². The Labute approximate surface area is 117 Å². The highest BCUT2D eigenvalue weighted by Gasteiger charge is 2.13. The average molecular weight is 317 g/mol. The van der Waals surface area contributed by atoms with Gasteiger partial charge in [0.15, 0.2) is 11.6 Å². The summed E-state index contributed by atoms with van der Waals surface area (Å²) < 4.78 is 10.8. The molecular weight excluding hydrogens is 296 g/mol. The Morgan fingerprint density at radius 1 is 1.50 bits per heavy atom. The molecule has 0 aliphatic heterocycles. The molecule has 0 radical (unpaired) electrons. The lowest BCUT2D eigenvalue weighted by atomic mass is 10.3. The smallest absolute Gasteiger partial charge is 0.171 e.